The molecule has 29 heavy (non-hydrogen) atoms. The normalized spacial score (nSPS) is 34.2. The highest BCUT2D eigenvalue weighted by molar-refractivity contribution is 5.81. The maximum atomic E-state index is 12.1. The number of aliphatic imine (C=N–C) groups is 1. The van der Waals surface area contributed by atoms with E-state index >= 15 is 0 Å². The number of carbonyl (C=O) groups is 1. The van der Waals surface area contributed by atoms with Gasteiger partial charge < -0.3 is 20.3 Å². The number of guanidine groups is 1. The molecule has 162 valence electrons. The number of hydrogen-bond acceptors (Lipinski definition) is 4. The molecular formula is C22H37N5O2. The van der Waals surface area contributed by atoms with Crippen molar-refractivity contribution in [2.45, 2.75) is 70.1 Å². The van der Waals surface area contributed by atoms with Gasteiger partial charge in [0.25, 0.3) is 0 Å². The molecule has 0 bridgehead atoms. The zero-order valence-corrected chi connectivity index (χ0v) is 17.9. The predicted octanol–water partition coefficient (Wildman–Crippen LogP) is 1.20. The van der Waals surface area contributed by atoms with Crippen molar-refractivity contribution in [3.63, 3.8) is 0 Å². The zero-order valence-electron chi connectivity index (χ0n) is 17.9. The SMILES string of the molecule is CCN=C(NC1C2CCOC2C12CCCC2)N1CCN(CC(=O)NC2CC2)CC1. The average Bonchev–Trinajstić information content (AvgIpc) is 3.20. The number of nitrogens with zero attached hydrogens (tertiary/aromatic N) is 3. The highest BCUT2D eigenvalue weighted by atomic mass is 16.5. The molecule has 3 atom stereocenters. The number of fused-ring (bicyclic) bond motifs is 2. The van der Waals surface area contributed by atoms with E-state index in [4.69, 9.17) is 9.73 Å². The van der Waals surface area contributed by atoms with Gasteiger partial charge in [-0.15, -0.1) is 0 Å². The minimum Gasteiger partial charge on any atom is -0.377 e. The van der Waals surface area contributed by atoms with Gasteiger partial charge in [0.2, 0.25) is 5.91 Å². The van der Waals surface area contributed by atoms with E-state index in [0.29, 0.717) is 36.1 Å². The van der Waals surface area contributed by atoms with E-state index in [-0.39, 0.29) is 5.91 Å². The molecule has 3 saturated carbocycles. The Labute approximate surface area is 174 Å². The van der Waals surface area contributed by atoms with Crippen LogP contribution < -0.4 is 10.6 Å². The first-order chi connectivity index (χ1) is 14.2. The van der Waals surface area contributed by atoms with Crippen LogP contribution in [-0.4, -0.2) is 85.7 Å². The summed E-state index contributed by atoms with van der Waals surface area (Å²) in [7, 11) is 0. The molecule has 0 aromatic carbocycles. The van der Waals surface area contributed by atoms with Crippen molar-refractivity contribution < 1.29 is 9.53 Å². The fraction of sp³-hybridized carbons (Fsp3) is 0.909. The van der Waals surface area contributed by atoms with Crippen molar-refractivity contribution in [2.24, 2.45) is 16.3 Å². The number of carbonyl (C=O) groups excluding carboxylic acids is 1. The lowest BCUT2D eigenvalue weighted by atomic mass is 9.54. The molecule has 2 N–H and O–H groups in total. The Bertz CT molecular complexity index is 635. The Hall–Kier alpha value is -1.34. The van der Waals surface area contributed by atoms with Crippen LogP contribution in [0.15, 0.2) is 4.99 Å². The van der Waals surface area contributed by atoms with E-state index in [0.717, 1.165) is 58.1 Å². The van der Waals surface area contributed by atoms with Gasteiger partial charge in [0, 0.05) is 62.7 Å². The molecule has 7 nitrogen and oxygen atoms in total. The van der Waals surface area contributed by atoms with Crippen LogP contribution in [0.25, 0.3) is 0 Å². The molecule has 5 fully saturated rings. The summed E-state index contributed by atoms with van der Waals surface area (Å²) in [5.74, 6) is 1.92. The third-order valence-electron chi connectivity index (χ3n) is 7.86. The van der Waals surface area contributed by atoms with Crippen LogP contribution >= 0.6 is 0 Å². The van der Waals surface area contributed by atoms with E-state index in [9.17, 15) is 4.79 Å². The van der Waals surface area contributed by atoms with Crippen LogP contribution in [0.1, 0.15) is 51.9 Å². The van der Waals surface area contributed by atoms with Crippen LogP contribution in [0.4, 0.5) is 0 Å². The zero-order chi connectivity index (χ0) is 19.8. The second-order valence-corrected chi connectivity index (χ2v) is 9.71. The molecule has 2 aliphatic heterocycles. The Balaban J connectivity index is 1.18. The minimum absolute atomic E-state index is 0.187. The van der Waals surface area contributed by atoms with Gasteiger partial charge in [-0.3, -0.25) is 14.7 Å². The number of ether oxygens (including phenoxy) is 1. The molecule has 7 heteroatoms. The molecule has 0 aromatic heterocycles. The third-order valence-corrected chi connectivity index (χ3v) is 7.86. The minimum atomic E-state index is 0.187. The Morgan fingerprint density at radius 1 is 1.10 bits per heavy atom. The highest BCUT2D eigenvalue weighted by Crippen LogP contribution is 2.60. The van der Waals surface area contributed by atoms with Crippen LogP contribution in [0.2, 0.25) is 0 Å². The molecule has 5 rings (SSSR count). The number of piperazine rings is 1. The van der Waals surface area contributed by atoms with Crippen LogP contribution in [0.5, 0.6) is 0 Å². The molecule has 5 aliphatic rings. The molecule has 0 aromatic rings. The fourth-order valence-corrected chi connectivity index (χ4v) is 6.25. The lowest BCUT2D eigenvalue weighted by Gasteiger charge is -2.57. The lowest BCUT2D eigenvalue weighted by molar-refractivity contribution is -0.125. The second-order valence-electron chi connectivity index (χ2n) is 9.71. The van der Waals surface area contributed by atoms with E-state index in [1.807, 2.05) is 0 Å². The monoisotopic (exact) mass is 403 g/mol. The number of hydrogen-bond donors (Lipinski definition) is 2. The summed E-state index contributed by atoms with van der Waals surface area (Å²) >= 11 is 0. The van der Waals surface area contributed by atoms with Gasteiger partial charge in [-0.25, -0.2) is 0 Å². The van der Waals surface area contributed by atoms with Crippen molar-refractivity contribution in [2.75, 3.05) is 45.9 Å². The number of nitrogens with one attached hydrogen (secondary N) is 2. The topological polar surface area (TPSA) is 69.2 Å². The Morgan fingerprint density at radius 3 is 2.55 bits per heavy atom. The second kappa shape index (κ2) is 8.06. The third kappa shape index (κ3) is 3.76. The van der Waals surface area contributed by atoms with Gasteiger partial charge in [0.15, 0.2) is 5.96 Å². The van der Waals surface area contributed by atoms with Crippen molar-refractivity contribution in [3.05, 3.63) is 0 Å². The fourth-order valence-electron chi connectivity index (χ4n) is 6.25. The smallest absolute Gasteiger partial charge is 0.234 e. The van der Waals surface area contributed by atoms with Gasteiger partial charge >= 0.3 is 0 Å². The van der Waals surface area contributed by atoms with Crippen LogP contribution in [-0.2, 0) is 9.53 Å². The van der Waals surface area contributed by atoms with E-state index in [2.05, 4.69) is 27.4 Å². The standard InChI is InChI=1S/C22H37N5O2/c1-2-23-21(25-19-17-7-14-29-20(17)22(19)8-3-4-9-22)27-12-10-26(11-13-27)15-18(28)24-16-5-6-16/h16-17,19-20H,2-15H2,1H3,(H,23,25)(H,24,28). The summed E-state index contributed by atoms with van der Waals surface area (Å²) in [6.45, 7) is 8.10. The number of amides is 1. The summed E-state index contributed by atoms with van der Waals surface area (Å²) in [4.78, 5) is 21.7. The predicted molar refractivity (Wildman–Crippen MR) is 113 cm³/mol. The summed E-state index contributed by atoms with van der Waals surface area (Å²) < 4.78 is 6.15. The molecule has 1 spiro atoms. The van der Waals surface area contributed by atoms with Crippen molar-refractivity contribution in [1.82, 2.24) is 20.4 Å². The summed E-state index contributed by atoms with van der Waals surface area (Å²) in [6.07, 6.45) is 9.25. The molecule has 2 saturated heterocycles. The first-order valence-corrected chi connectivity index (χ1v) is 11.9. The maximum absolute atomic E-state index is 12.1. The van der Waals surface area contributed by atoms with Gasteiger partial charge in [-0.1, -0.05) is 12.8 Å². The Morgan fingerprint density at radius 2 is 1.86 bits per heavy atom. The quantitative estimate of drug-likeness (QED) is 0.533. The van der Waals surface area contributed by atoms with Crippen molar-refractivity contribution >= 4 is 11.9 Å². The molecule has 3 unspecified atom stereocenters. The van der Waals surface area contributed by atoms with Gasteiger partial charge in [-0.05, 0) is 39.0 Å². The van der Waals surface area contributed by atoms with Crippen molar-refractivity contribution in [3.8, 4) is 0 Å². The van der Waals surface area contributed by atoms with Crippen molar-refractivity contribution in [1.29, 1.82) is 0 Å². The first kappa shape index (κ1) is 19.6. The largest absolute Gasteiger partial charge is 0.377 e. The van der Waals surface area contributed by atoms with Gasteiger partial charge in [-0.2, -0.15) is 0 Å². The van der Waals surface area contributed by atoms with Gasteiger partial charge in [0.05, 0.1) is 12.6 Å². The lowest BCUT2D eigenvalue weighted by Crippen LogP contribution is -2.70. The first-order valence-electron chi connectivity index (χ1n) is 11.9. The Kier molecular flexibility index (Phi) is 5.45. The van der Waals surface area contributed by atoms with E-state index in [1.54, 1.807) is 0 Å². The van der Waals surface area contributed by atoms with Crippen LogP contribution in [0.3, 0.4) is 0 Å². The summed E-state index contributed by atoms with van der Waals surface area (Å²) in [6, 6.07) is 0.968. The average molecular weight is 404 g/mol. The molecule has 1 amide bonds. The summed E-state index contributed by atoms with van der Waals surface area (Å²) in [5, 5.41) is 7.02. The van der Waals surface area contributed by atoms with E-state index in [1.165, 1.54) is 32.1 Å². The molecular weight excluding hydrogens is 366 g/mol. The molecule has 3 aliphatic carbocycles. The van der Waals surface area contributed by atoms with Gasteiger partial charge in [0.1, 0.15) is 0 Å². The highest BCUT2D eigenvalue weighted by Gasteiger charge is 2.65. The van der Waals surface area contributed by atoms with E-state index < -0.39 is 0 Å². The summed E-state index contributed by atoms with van der Waals surface area (Å²) in [5.41, 5.74) is 0.346. The molecule has 0 radical (unpaired) electrons. The van der Waals surface area contributed by atoms with Crippen LogP contribution in [0, 0.1) is 11.3 Å². The molecule has 2 heterocycles. The number of rotatable bonds is 5. The maximum Gasteiger partial charge on any atom is 0.234 e.